The van der Waals surface area contributed by atoms with E-state index in [1.807, 2.05) is 149 Å². The Kier molecular flexibility index (Phi) is 35.4. The Hall–Kier alpha value is -7.06. The largest absolute Gasteiger partial charge is 0.481 e. The van der Waals surface area contributed by atoms with E-state index in [4.69, 9.17) is 36.4 Å². The van der Waals surface area contributed by atoms with E-state index in [-0.39, 0.29) is 107 Å². The number of hydrogen-bond acceptors (Lipinski definition) is 10. The number of carboxylic acid groups (broad SMARTS) is 5. The third-order valence-electron chi connectivity index (χ3n) is 11.8. The summed E-state index contributed by atoms with van der Waals surface area (Å²) in [5.74, 6) is -7.02. The summed E-state index contributed by atoms with van der Waals surface area (Å²) in [4.78, 5) is 92.5. The van der Waals surface area contributed by atoms with E-state index < -0.39 is 54.0 Å². The van der Waals surface area contributed by atoms with Crippen molar-refractivity contribution in [2.75, 3.05) is 26.7 Å². The molecule has 4 aromatic rings. The lowest BCUT2D eigenvalue weighted by Crippen LogP contribution is -2.29. The van der Waals surface area contributed by atoms with Gasteiger partial charge in [0, 0.05) is 57.6 Å². The molecule has 18 nitrogen and oxygen atoms in total. The molecule has 3 saturated heterocycles. The van der Waals surface area contributed by atoms with E-state index in [2.05, 4.69) is 6.58 Å². The third-order valence-corrected chi connectivity index (χ3v) is 11.8. The molecule has 3 amide bonds. The minimum atomic E-state index is -1.27. The monoisotopic (exact) mass is 1080 g/mol. The van der Waals surface area contributed by atoms with Gasteiger partial charge in [-0.3, -0.25) is 33.6 Å². The maximum Gasteiger partial charge on any atom is 0.331 e. The molecule has 20 heteroatoms. The number of rotatable bonds is 13. The summed E-state index contributed by atoms with van der Waals surface area (Å²) in [6.45, 7) is 11.7. The molecule has 3 aliphatic rings. The van der Waals surface area contributed by atoms with E-state index in [0.29, 0.717) is 19.6 Å². The Morgan fingerprint density at radius 2 is 0.733 bits per heavy atom. The van der Waals surface area contributed by atoms with Gasteiger partial charge in [-0.05, 0) is 49.9 Å². The number of nitrogens with zero attached hydrogens (tertiary/aromatic N) is 3. The van der Waals surface area contributed by atoms with Crippen LogP contribution in [0, 0.1) is 17.8 Å². The number of carboxylic acids is 5. The normalized spacial score (nSPS) is 17.3. The van der Waals surface area contributed by atoms with Gasteiger partial charge in [-0.15, -0.1) is 12.4 Å². The molecule has 414 valence electrons. The van der Waals surface area contributed by atoms with Crippen molar-refractivity contribution >= 4 is 73.5 Å². The molecule has 75 heavy (non-hydrogen) atoms. The fourth-order valence-corrected chi connectivity index (χ4v) is 7.56. The van der Waals surface area contributed by atoms with Crippen LogP contribution in [0.15, 0.2) is 133 Å². The smallest absolute Gasteiger partial charge is 0.331 e. The van der Waals surface area contributed by atoms with Crippen molar-refractivity contribution in [1.82, 2.24) is 14.7 Å². The van der Waals surface area contributed by atoms with Crippen LogP contribution in [0.2, 0.25) is 0 Å². The topological polar surface area (TPSA) is 294 Å². The van der Waals surface area contributed by atoms with Crippen molar-refractivity contribution in [3.05, 3.63) is 156 Å². The molecule has 0 radical (unpaired) electrons. The van der Waals surface area contributed by atoms with Crippen LogP contribution in [0.5, 0.6) is 0 Å². The summed E-state index contributed by atoms with van der Waals surface area (Å²) in [6.07, 6.45) is -0.152. The molecular weight excluding hydrogens is 1010 g/mol. The van der Waals surface area contributed by atoms with Crippen molar-refractivity contribution in [2.45, 2.75) is 92.4 Å². The zero-order valence-corrected chi connectivity index (χ0v) is 43.3. The van der Waals surface area contributed by atoms with Gasteiger partial charge >= 0.3 is 29.8 Å². The van der Waals surface area contributed by atoms with Crippen molar-refractivity contribution in [3.63, 3.8) is 0 Å². The highest BCUT2D eigenvalue weighted by Crippen LogP contribution is 2.31. The van der Waals surface area contributed by atoms with E-state index in [9.17, 15) is 38.4 Å². The first kappa shape index (κ1) is 72.2. The maximum absolute atomic E-state index is 11.8. The number of carbonyl (C=O) groups excluding carboxylic acids is 3. The SMILES string of the molecule is C.C.C=C(CC(=O)O)C(=O)O.CO.C[C@@H](c1ccccc1)N1C[C@@H](C(=O)O)CC1=O.C[C@@H](c1ccccc1)N1C[C@@H](C(=O)O)CC1=O.C[C@@H](c1ccccc1)N1C[C@H](C(=O)O)CC1=O.C[C@H](N)c1ccccc1.Cl.S. The van der Waals surface area contributed by atoms with Crippen LogP contribution < -0.4 is 5.73 Å². The van der Waals surface area contributed by atoms with Gasteiger partial charge in [-0.25, -0.2) is 4.79 Å². The van der Waals surface area contributed by atoms with Gasteiger partial charge in [0.05, 0.1) is 42.3 Å². The summed E-state index contributed by atoms with van der Waals surface area (Å²) < 4.78 is 0. The van der Waals surface area contributed by atoms with Gasteiger partial charge in [0.15, 0.2) is 0 Å². The molecule has 7 atom stereocenters. The zero-order valence-electron chi connectivity index (χ0n) is 41.5. The standard InChI is InChI=1S/3C13H15NO3.C8H11N.C5H6O4.CH4O.2CH4.ClH.H2S/c3*1-9(10-5-3-2-4-6-10)14-8-11(13(16)17)7-12(14)15;1-7(9)8-5-3-2-4-6-8;1-3(5(8)9)2-4(6)7;1-2;;;;/h3*2-6,9,11H,7-8H2,1H3,(H,16,17);2-7H,9H2,1H3;1-2H2,(H,6,7)(H,8,9);2H,1H3;2*1H4;1H;1H2/t9-,11+;2*9-,11-;7-;;;;;;/m0000....../s1. The highest BCUT2D eigenvalue weighted by molar-refractivity contribution is 7.59. The van der Waals surface area contributed by atoms with Gasteiger partial charge in [0.25, 0.3) is 0 Å². The molecule has 3 aliphatic heterocycles. The first-order chi connectivity index (χ1) is 33.6. The van der Waals surface area contributed by atoms with Crippen LogP contribution in [0.4, 0.5) is 0 Å². The van der Waals surface area contributed by atoms with Crippen LogP contribution in [-0.2, 0) is 38.4 Å². The van der Waals surface area contributed by atoms with Gasteiger partial charge in [-0.2, -0.15) is 13.5 Å². The number of aliphatic hydroxyl groups is 1. The lowest BCUT2D eigenvalue weighted by Gasteiger charge is -2.24. The van der Waals surface area contributed by atoms with E-state index in [1.165, 1.54) is 5.56 Å². The van der Waals surface area contributed by atoms with Gasteiger partial charge < -0.3 is 51.1 Å². The van der Waals surface area contributed by atoms with Crippen LogP contribution in [0.25, 0.3) is 0 Å². The lowest BCUT2D eigenvalue weighted by atomic mass is 10.1. The Labute approximate surface area is 453 Å². The number of amides is 3. The zero-order chi connectivity index (χ0) is 53.4. The van der Waals surface area contributed by atoms with Crippen LogP contribution in [0.3, 0.4) is 0 Å². The fraction of sp³-hybridized carbons (Fsp3) is 0.382. The molecule has 0 saturated carbocycles. The summed E-state index contributed by atoms with van der Waals surface area (Å²) in [5, 5.41) is 49.8. The number of carbonyl (C=O) groups is 8. The third kappa shape index (κ3) is 23.8. The predicted molar refractivity (Wildman–Crippen MR) is 294 cm³/mol. The number of nitrogens with two attached hydrogens (primary N) is 1. The minimum absolute atomic E-state index is 0. The van der Waals surface area contributed by atoms with E-state index in [1.54, 1.807) is 14.7 Å². The Balaban J connectivity index is -0.000000866. The molecule has 4 aromatic carbocycles. The Morgan fingerprint density at radius 1 is 0.507 bits per heavy atom. The molecule has 0 aliphatic carbocycles. The second-order valence-electron chi connectivity index (χ2n) is 16.8. The Morgan fingerprint density at radius 3 is 0.880 bits per heavy atom. The predicted octanol–water partition coefficient (Wildman–Crippen LogP) is 8.27. The second-order valence-corrected chi connectivity index (χ2v) is 16.8. The lowest BCUT2D eigenvalue weighted by molar-refractivity contribution is -0.142. The van der Waals surface area contributed by atoms with Crippen LogP contribution in [0.1, 0.15) is 115 Å². The van der Waals surface area contributed by atoms with E-state index >= 15 is 0 Å². The molecule has 0 unspecified atom stereocenters. The molecule has 0 bridgehead atoms. The number of hydrogen-bond donors (Lipinski definition) is 7. The van der Waals surface area contributed by atoms with Crippen molar-refractivity contribution in [2.24, 2.45) is 23.5 Å². The highest BCUT2D eigenvalue weighted by Gasteiger charge is 2.39. The van der Waals surface area contributed by atoms with Crippen molar-refractivity contribution in [3.8, 4) is 0 Å². The first-order valence-corrected chi connectivity index (χ1v) is 22.7. The average molecular weight is 1090 g/mol. The minimum Gasteiger partial charge on any atom is -0.481 e. The maximum atomic E-state index is 11.8. The molecule has 8 N–H and O–H groups in total. The van der Waals surface area contributed by atoms with Crippen LogP contribution >= 0.6 is 25.9 Å². The molecular formula is C55H77ClN4O14S. The number of aliphatic carboxylic acids is 5. The average Bonchev–Trinajstić information content (AvgIpc) is 4.09. The van der Waals surface area contributed by atoms with Crippen molar-refractivity contribution in [1.29, 1.82) is 0 Å². The Bertz CT molecular complexity index is 2190. The van der Waals surface area contributed by atoms with Crippen molar-refractivity contribution < 1.29 is 69.0 Å². The number of halogens is 1. The molecule has 7 rings (SSSR count). The summed E-state index contributed by atoms with van der Waals surface area (Å²) in [7, 11) is 1.00. The summed E-state index contributed by atoms with van der Waals surface area (Å²) >= 11 is 0. The highest BCUT2D eigenvalue weighted by atomic mass is 35.5. The van der Waals surface area contributed by atoms with Gasteiger partial charge in [0.1, 0.15) is 0 Å². The first-order valence-electron chi connectivity index (χ1n) is 22.7. The summed E-state index contributed by atoms with van der Waals surface area (Å²) in [6, 6.07) is 39.0. The molecule has 0 spiro atoms. The molecule has 3 fully saturated rings. The van der Waals surface area contributed by atoms with Gasteiger partial charge in [-0.1, -0.05) is 143 Å². The second kappa shape index (κ2) is 36.8. The summed E-state index contributed by atoms with van der Waals surface area (Å²) in [5.41, 5.74) is 9.61. The number of aliphatic hydroxyl groups excluding tert-OH is 1. The molecule has 3 heterocycles. The van der Waals surface area contributed by atoms with E-state index in [0.717, 1.165) is 23.8 Å². The van der Waals surface area contributed by atoms with Gasteiger partial charge in [0.2, 0.25) is 17.7 Å². The molecule has 0 aromatic heterocycles. The quantitative estimate of drug-likeness (QED) is 0.0620. The number of likely N-dealkylation sites (tertiary alicyclic amines) is 3. The van der Waals surface area contributed by atoms with Crippen LogP contribution in [-0.4, -0.2) is 120 Å². The number of benzene rings is 4. The fourth-order valence-electron chi connectivity index (χ4n) is 7.56.